The zero-order valence-electron chi connectivity index (χ0n) is 10.9. The lowest BCUT2D eigenvalue weighted by Crippen LogP contribution is -2.07. The Balaban J connectivity index is 2.01. The summed E-state index contributed by atoms with van der Waals surface area (Å²) >= 11 is 0. The average molecular weight is 242 g/mol. The van der Waals surface area contributed by atoms with Crippen LogP contribution in [0.1, 0.15) is 35.1 Å². The Kier molecular flexibility index (Phi) is 3.92. The molecule has 0 spiro atoms. The van der Waals surface area contributed by atoms with Crippen molar-refractivity contribution in [1.29, 1.82) is 0 Å². The number of rotatable bonds is 5. The van der Waals surface area contributed by atoms with Crippen LogP contribution in [0.15, 0.2) is 36.4 Å². The van der Waals surface area contributed by atoms with Gasteiger partial charge in [-0.25, -0.2) is 0 Å². The molecular weight excluding hydrogens is 224 g/mol. The predicted molar refractivity (Wildman–Crippen MR) is 71.7 cm³/mol. The van der Waals surface area contributed by atoms with Crippen LogP contribution >= 0.6 is 0 Å². The fourth-order valence-electron chi connectivity index (χ4n) is 1.99. The maximum Gasteiger partial charge on any atom is 0.181 e. The van der Waals surface area contributed by atoms with Gasteiger partial charge < -0.3 is 0 Å². The number of ketones is 1. The summed E-state index contributed by atoms with van der Waals surface area (Å²) in [6, 6.07) is 12.0. The van der Waals surface area contributed by atoms with Gasteiger partial charge in [-0.2, -0.15) is 5.10 Å². The van der Waals surface area contributed by atoms with Crippen LogP contribution in [0.4, 0.5) is 0 Å². The quantitative estimate of drug-likeness (QED) is 0.756. The highest BCUT2D eigenvalue weighted by Crippen LogP contribution is 2.10. The Morgan fingerprint density at radius 1 is 1.28 bits per heavy atom. The molecule has 1 heterocycles. The number of hydrogen-bond acceptors (Lipinski definition) is 2. The van der Waals surface area contributed by atoms with Gasteiger partial charge in [-0.15, -0.1) is 0 Å². The van der Waals surface area contributed by atoms with E-state index in [1.165, 1.54) is 5.56 Å². The molecule has 0 N–H and O–H groups in total. The van der Waals surface area contributed by atoms with Gasteiger partial charge in [0.2, 0.25) is 0 Å². The Bertz CT molecular complexity index is 529. The number of hydrogen-bond donors (Lipinski definition) is 0. The predicted octanol–water partition coefficient (Wildman–Crippen LogP) is 2.80. The fraction of sp³-hybridized carbons (Fsp3) is 0.333. The second-order valence-electron chi connectivity index (χ2n) is 4.41. The number of aryl methyl sites for hydroxylation is 3. The lowest BCUT2D eigenvalue weighted by Gasteiger charge is -2.01. The zero-order chi connectivity index (χ0) is 13.0. The monoisotopic (exact) mass is 242 g/mol. The van der Waals surface area contributed by atoms with Crippen molar-refractivity contribution in [3.8, 4) is 0 Å². The van der Waals surface area contributed by atoms with Crippen LogP contribution in [-0.4, -0.2) is 15.6 Å². The third kappa shape index (κ3) is 2.86. The van der Waals surface area contributed by atoms with Gasteiger partial charge in [-0.3, -0.25) is 9.48 Å². The van der Waals surface area contributed by atoms with Crippen LogP contribution in [0.25, 0.3) is 0 Å². The molecule has 2 aromatic rings. The van der Waals surface area contributed by atoms with Crippen molar-refractivity contribution in [2.75, 3.05) is 0 Å². The number of carbonyl (C=O) groups is 1. The van der Waals surface area contributed by atoms with E-state index < -0.39 is 0 Å². The lowest BCUT2D eigenvalue weighted by atomic mass is 10.1. The second-order valence-corrected chi connectivity index (χ2v) is 4.41. The Morgan fingerprint density at radius 2 is 2.00 bits per heavy atom. The van der Waals surface area contributed by atoms with Gasteiger partial charge in [0.05, 0.1) is 5.69 Å². The molecule has 0 bridgehead atoms. The largest absolute Gasteiger partial charge is 0.292 e. The minimum atomic E-state index is 0.161. The number of carbonyl (C=O) groups excluding carboxylic acids is 1. The first kappa shape index (κ1) is 12.6. The minimum absolute atomic E-state index is 0.161. The lowest BCUT2D eigenvalue weighted by molar-refractivity contribution is 0.0974. The van der Waals surface area contributed by atoms with E-state index in [9.17, 15) is 4.79 Å². The molecule has 0 aliphatic carbocycles. The van der Waals surface area contributed by atoms with Crippen LogP contribution in [0.3, 0.4) is 0 Å². The van der Waals surface area contributed by atoms with E-state index >= 15 is 0 Å². The van der Waals surface area contributed by atoms with E-state index in [4.69, 9.17) is 0 Å². The maximum atomic E-state index is 12.1. The highest BCUT2D eigenvalue weighted by Gasteiger charge is 2.12. The van der Waals surface area contributed by atoms with Crippen LogP contribution in [0.2, 0.25) is 0 Å². The molecule has 0 fully saturated rings. The molecule has 0 aliphatic rings. The summed E-state index contributed by atoms with van der Waals surface area (Å²) < 4.78 is 1.69. The Hall–Kier alpha value is -1.90. The van der Waals surface area contributed by atoms with Gasteiger partial charge in [0, 0.05) is 13.5 Å². The van der Waals surface area contributed by atoms with Crippen LogP contribution in [-0.2, 0) is 19.9 Å². The van der Waals surface area contributed by atoms with E-state index in [0.29, 0.717) is 12.1 Å². The van der Waals surface area contributed by atoms with E-state index in [1.807, 2.05) is 50.4 Å². The molecule has 3 nitrogen and oxygen atoms in total. The van der Waals surface area contributed by atoms with Crippen LogP contribution in [0.5, 0.6) is 0 Å². The Labute approximate surface area is 107 Å². The first-order valence-corrected chi connectivity index (χ1v) is 6.30. The number of benzene rings is 1. The number of Topliss-reactive ketones (excluding diaryl/α,β-unsaturated/α-hetero) is 1. The average Bonchev–Trinajstić information content (AvgIpc) is 2.78. The third-order valence-electron chi connectivity index (χ3n) is 3.06. The van der Waals surface area contributed by atoms with Gasteiger partial charge in [0.25, 0.3) is 0 Å². The first-order valence-electron chi connectivity index (χ1n) is 6.30. The molecule has 94 valence electrons. The summed E-state index contributed by atoms with van der Waals surface area (Å²) in [5, 5.41) is 4.30. The van der Waals surface area contributed by atoms with E-state index in [2.05, 4.69) is 5.10 Å². The summed E-state index contributed by atoms with van der Waals surface area (Å²) in [5.41, 5.74) is 2.88. The van der Waals surface area contributed by atoms with Gasteiger partial charge in [0.15, 0.2) is 5.78 Å². The molecule has 18 heavy (non-hydrogen) atoms. The topological polar surface area (TPSA) is 34.9 Å². The number of nitrogens with zero attached hydrogens (tertiary/aromatic N) is 2. The van der Waals surface area contributed by atoms with Crippen LogP contribution in [0, 0.1) is 0 Å². The maximum absolute atomic E-state index is 12.1. The van der Waals surface area contributed by atoms with Crippen molar-refractivity contribution in [3.05, 3.63) is 53.3 Å². The summed E-state index contributed by atoms with van der Waals surface area (Å²) in [6.45, 7) is 2.04. The van der Waals surface area contributed by atoms with Crippen molar-refractivity contribution in [2.24, 2.45) is 7.05 Å². The standard InChI is InChI=1S/C15H18N2O/c1-3-13-11-14(17(2)16-13)15(18)10-9-12-7-5-4-6-8-12/h4-8,11H,3,9-10H2,1-2H3. The van der Waals surface area contributed by atoms with Crippen molar-refractivity contribution in [1.82, 2.24) is 9.78 Å². The second kappa shape index (κ2) is 5.63. The highest BCUT2D eigenvalue weighted by atomic mass is 16.1. The third-order valence-corrected chi connectivity index (χ3v) is 3.06. The van der Waals surface area contributed by atoms with Gasteiger partial charge in [-0.05, 0) is 24.5 Å². The van der Waals surface area contributed by atoms with Crippen LogP contribution < -0.4 is 0 Å². The van der Waals surface area contributed by atoms with E-state index in [0.717, 1.165) is 18.5 Å². The van der Waals surface area contributed by atoms with Crippen molar-refractivity contribution < 1.29 is 4.79 Å². The van der Waals surface area contributed by atoms with Crippen molar-refractivity contribution in [2.45, 2.75) is 26.2 Å². The van der Waals surface area contributed by atoms with Gasteiger partial charge in [-0.1, -0.05) is 37.3 Å². The zero-order valence-corrected chi connectivity index (χ0v) is 10.9. The van der Waals surface area contributed by atoms with Gasteiger partial charge in [0.1, 0.15) is 5.69 Å². The van der Waals surface area contributed by atoms with Crippen molar-refractivity contribution in [3.63, 3.8) is 0 Å². The fourth-order valence-corrected chi connectivity index (χ4v) is 1.99. The smallest absolute Gasteiger partial charge is 0.181 e. The number of aromatic nitrogens is 2. The molecule has 0 amide bonds. The summed E-state index contributed by atoms with van der Waals surface area (Å²) in [6.07, 6.45) is 2.18. The summed E-state index contributed by atoms with van der Waals surface area (Å²) in [7, 11) is 1.83. The first-order chi connectivity index (χ1) is 8.70. The van der Waals surface area contributed by atoms with E-state index in [1.54, 1.807) is 4.68 Å². The molecule has 2 rings (SSSR count). The minimum Gasteiger partial charge on any atom is -0.292 e. The molecule has 1 aromatic heterocycles. The molecule has 0 saturated heterocycles. The molecule has 0 aliphatic heterocycles. The summed E-state index contributed by atoms with van der Waals surface area (Å²) in [4.78, 5) is 12.1. The highest BCUT2D eigenvalue weighted by molar-refractivity contribution is 5.94. The molecule has 0 unspecified atom stereocenters. The molecule has 0 saturated carbocycles. The molecule has 0 atom stereocenters. The SMILES string of the molecule is CCc1cc(C(=O)CCc2ccccc2)n(C)n1. The molecular formula is C15H18N2O. The summed E-state index contributed by atoms with van der Waals surface area (Å²) in [5.74, 6) is 0.161. The Morgan fingerprint density at radius 3 is 2.61 bits per heavy atom. The molecule has 0 radical (unpaired) electrons. The van der Waals surface area contributed by atoms with E-state index in [-0.39, 0.29) is 5.78 Å². The van der Waals surface area contributed by atoms with Crippen molar-refractivity contribution >= 4 is 5.78 Å². The normalized spacial score (nSPS) is 10.6. The molecule has 1 aromatic carbocycles. The molecule has 3 heteroatoms. The van der Waals surface area contributed by atoms with Gasteiger partial charge >= 0.3 is 0 Å².